The number of benzene rings is 12. The average Bonchev–Trinajstić information content (AvgIpc) is 3.51. The normalized spacial score (nSPS) is 13.6. The fraction of sp³-hybridized carbons (Fsp3) is 0.0588. The third-order valence-electron chi connectivity index (χ3n) is 17.0. The lowest BCUT2D eigenvalue weighted by atomic mass is 9.31. The Balaban J connectivity index is 1.08. The predicted molar refractivity (Wildman–Crippen MR) is 318 cm³/mol. The molecular formula is C68H48B2N2Si. The molecule has 0 saturated heterocycles. The SMILES string of the molecule is Cc1cc2c3c(cc4c([Si](C)(C)C)cc5c6c(cc1c3c46)B1c3ccccc3N(c3ccccc3)c3cc(-c4ccccc4)cc-5c31)B1c3ccccc3N(c3ccccc3)c3cc(-c4ccccc4)cc-2c31. The van der Waals surface area contributed by atoms with Gasteiger partial charge in [0, 0.05) is 34.1 Å². The van der Waals surface area contributed by atoms with Gasteiger partial charge in [-0.2, -0.15) is 0 Å². The highest BCUT2D eigenvalue weighted by Gasteiger charge is 2.46. The lowest BCUT2D eigenvalue weighted by Gasteiger charge is -2.43. The Morgan fingerprint density at radius 3 is 1.22 bits per heavy atom. The van der Waals surface area contributed by atoms with E-state index < -0.39 is 8.07 Å². The van der Waals surface area contributed by atoms with Crippen molar-refractivity contribution in [1.82, 2.24) is 0 Å². The third-order valence-corrected chi connectivity index (χ3v) is 19.0. The minimum absolute atomic E-state index is 0.0418. The first kappa shape index (κ1) is 41.3. The molecule has 12 aromatic carbocycles. The zero-order chi connectivity index (χ0) is 48.4. The van der Waals surface area contributed by atoms with Crippen LogP contribution in [0.5, 0.6) is 0 Å². The van der Waals surface area contributed by atoms with Crippen molar-refractivity contribution in [2.24, 2.45) is 0 Å². The molecule has 0 bridgehead atoms. The minimum Gasteiger partial charge on any atom is -0.311 e. The second-order valence-corrected chi connectivity index (χ2v) is 27.0. The molecular weight excluding hydrogens is 894 g/mol. The maximum atomic E-state index is 2.71. The summed E-state index contributed by atoms with van der Waals surface area (Å²) in [6.45, 7) is 10.2. The van der Waals surface area contributed by atoms with Crippen molar-refractivity contribution in [2.45, 2.75) is 26.6 Å². The van der Waals surface area contributed by atoms with Gasteiger partial charge in [-0.15, -0.1) is 0 Å². The molecule has 0 radical (unpaired) electrons. The zero-order valence-corrected chi connectivity index (χ0v) is 42.3. The quantitative estimate of drug-likeness (QED) is 0.125. The van der Waals surface area contributed by atoms with Crippen LogP contribution >= 0.6 is 0 Å². The summed E-state index contributed by atoms with van der Waals surface area (Å²) in [5.74, 6) is 0. The molecule has 12 aromatic rings. The lowest BCUT2D eigenvalue weighted by Crippen LogP contribution is -2.60. The van der Waals surface area contributed by atoms with Crippen molar-refractivity contribution >= 4 is 126 Å². The van der Waals surface area contributed by atoms with Crippen LogP contribution < -0.4 is 47.8 Å². The highest BCUT2D eigenvalue weighted by Crippen LogP contribution is 2.50. The van der Waals surface area contributed by atoms with Crippen LogP contribution in [0.2, 0.25) is 19.6 Å². The first-order chi connectivity index (χ1) is 35.8. The zero-order valence-electron chi connectivity index (χ0n) is 41.3. The van der Waals surface area contributed by atoms with E-state index in [4.69, 9.17) is 0 Å². The molecule has 2 nitrogen and oxygen atoms in total. The fourth-order valence-electron chi connectivity index (χ4n) is 14.0. The van der Waals surface area contributed by atoms with Crippen LogP contribution in [0.3, 0.4) is 0 Å². The van der Waals surface area contributed by atoms with Gasteiger partial charge in [-0.1, -0.05) is 193 Å². The maximum Gasteiger partial charge on any atom is 0.248 e. The van der Waals surface area contributed by atoms with Crippen LogP contribution in [0, 0.1) is 6.92 Å². The Hall–Kier alpha value is -8.37. The summed E-state index contributed by atoms with van der Waals surface area (Å²) >= 11 is 0. The van der Waals surface area contributed by atoms with E-state index in [2.05, 4.69) is 255 Å². The molecule has 5 heteroatoms. The van der Waals surface area contributed by atoms with Gasteiger partial charge in [-0.05, 0) is 172 Å². The van der Waals surface area contributed by atoms with Crippen LogP contribution in [0.25, 0.3) is 76.8 Å². The van der Waals surface area contributed by atoms with Crippen molar-refractivity contribution in [3.8, 4) is 44.5 Å². The summed E-state index contributed by atoms with van der Waals surface area (Å²) in [5.41, 5.74) is 27.5. The van der Waals surface area contributed by atoms with E-state index >= 15 is 0 Å². The molecule has 16 rings (SSSR count). The fourth-order valence-corrected chi connectivity index (χ4v) is 15.6. The summed E-state index contributed by atoms with van der Waals surface area (Å²) in [6, 6.07) is 83.3. The highest BCUT2D eigenvalue weighted by atomic mass is 28.3. The summed E-state index contributed by atoms with van der Waals surface area (Å²) < 4.78 is 0. The van der Waals surface area contributed by atoms with Gasteiger partial charge in [0.15, 0.2) is 0 Å². The second kappa shape index (κ2) is 14.9. The standard InChI is InChI=1S/C68H48B2N2Si/c1-41-33-49-51-34-44(42-21-9-5-10-22-42)36-60-67(51)70(55-30-18-20-32-59(55)71(60)46-25-13-7-14-26-46)57-39-53-62(73(2,3)4)40-50-52-35-45(43-23-11-6-12-24-43)37-61-68(52)69(56-38-48(41)65(63(49)57)66(53)64(50)56)54-29-17-19-31-58(54)72(61)47-27-15-8-16-28-47/h5-40H,1-4H3. The van der Waals surface area contributed by atoms with Crippen LogP contribution in [-0.2, 0) is 0 Å². The molecule has 0 N–H and O–H groups in total. The highest BCUT2D eigenvalue weighted by molar-refractivity contribution is 7.03. The first-order valence-corrected chi connectivity index (χ1v) is 29.5. The van der Waals surface area contributed by atoms with E-state index in [1.807, 2.05) is 0 Å². The largest absolute Gasteiger partial charge is 0.311 e. The predicted octanol–water partition coefficient (Wildman–Crippen LogP) is 13.3. The van der Waals surface area contributed by atoms with Gasteiger partial charge in [0.25, 0.3) is 0 Å². The summed E-state index contributed by atoms with van der Waals surface area (Å²) in [6.07, 6.45) is 0. The Kier molecular flexibility index (Phi) is 8.40. The molecule has 73 heavy (non-hydrogen) atoms. The van der Waals surface area contributed by atoms with E-state index in [9.17, 15) is 0 Å². The molecule has 4 aliphatic rings. The molecule has 0 atom stereocenters. The van der Waals surface area contributed by atoms with E-state index in [1.165, 1.54) is 154 Å². The van der Waals surface area contributed by atoms with Crippen molar-refractivity contribution in [3.63, 3.8) is 0 Å². The lowest BCUT2D eigenvalue weighted by molar-refractivity contribution is 1.29. The summed E-state index contributed by atoms with van der Waals surface area (Å²) in [5, 5.41) is 10.1. The van der Waals surface area contributed by atoms with E-state index in [-0.39, 0.29) is 13.4 Å². The molecule has 0 spiro atoms. The van der Waals surface area contributed by atoms with E-state index in [0.29, 0.717) is 0 Å². The molecule has 0 unspecified atom stereocenters. The van der Waals surface area contributed by atoms with Gasteiger partial charge in [-0.3, -0.25) is 0 Å². The Morgan fingerprint density at radius 2 is 0.740 bits per heavy atom. The van der Waals surface area contributed by atoms with Gasteiger partial charge < -0.3 is 9.80 Å². The summed E-state index contributed by atoms with van der Waals surface area (Å²) in [4.78, 5) is 5.09. The van der Waals surface area contributed by atoms with Crippen LogP contribution in [0.15, 0.2) is 218 Å². The van der Waals surface area contributed by atoms with E-state index in [1.54, 1.807) is 0 Å². The molecule has 0 aliphatic carbocycles. The number of fused-ring (bicyclic) bond motifs is 8. The number of aryl methyl sites for hydroxylation is 1. The monoisotopic (exact) mass is 942 g/mol. The number of anilines is 6. The molecule has 4 aliphatic heterocycles. The second-order valence-electron chi connectivity index (χ2n) is 22.0. The minimum atomic E-state index is -2.05. The average molecular weight is 943 g/mol. The Labute approximate surface area is 428 Å². The Morgan fingerprint density at radius 1 is 0.329 bits per heavy atom. The van der Waals surface area contributed by atoms with E-state index in [0.717, 1.165) is 0 Å². The topological polar surface area (TPSA) is 6.48 Å². The van der Waals surface area contributed by atoms with Crippen LogP contribution in [-0.4, -0.2) is 21.5 Å². The van der Waals surface area contributed by atoms with Gasteiger partial charge in [0.1, 0.15) is 0 Å². The van der Waals surface area contributed by atoms with Crippen molar-refractivity contribution < 1.29 is 0 Å². The van der Waals surface area contributed by atoms with Crippen molar-refractivity contribution in [1.29, 1.82) is 0 Å². The number of para-hydroxylation sites is 4. The van der Waals surface area contributed by atoms with Gasteiger partial charge in [0.2, 0.25) is 13.4 Å². The molecule has 340 valence electrons. The van der Waals surface area contributed by atoms with Crippen molar-refractivity contribution in [2.75, 3.05) is 9.80 Å². The molecule has 4 heterocycles. The summed E-state index contributed by atoms with van der Waals surface area (Å²) in [7, 11) is -2.05. The van der Waals surface area contributed by atoms with Crippen LogP contribution in [0.1, 0.15) is 5.56 Å². The van der Waals surface area contributed by atoms with Gasteiger partial charge >= 0.3 is 0 Å². The smallest absolute Gasteiger partial charge is 0.248 e. The van der Waals surface area contributed by atoms with Crippen molar-refractivity contribution in [3.05, 3.63) is 224 Å². The molecule has 0 amide bonds. The Bertz CT molecular complexity index is 4320. The number of hydrogen-bond donors (Lipinski definition) is 0. The molecule has 0 fully saturated rings. The number of nitrogens with zero attached hydrogens (tertiary/aromatic N) is 2. The third kappa shape index (κ3) is 5.61. The molecule has 0 aromatic heterocycles. The number of hydrogen-bond acceptors (Lipinski definition) is 2. The first-order valence-electron chi connectivity index (χ1n) is 26.0. The number of rotatable bonds is 5. The molecule has 0 saturated carbocycles. The van der Waals surface area contributed by atoms with Gasteiger partial charge in [0.05, 0.1) is 8.07 Å². The van der Waals surface area contributed by atoms with Gasteiger partial charge in [-0.25, -0.2) is 0 Å². The van der Waals surface area contributed by atoms with Crippen LogP contribution in [0.4, 0.5) is 34.1 Å². The maximum absolute atomic E-state index is 2.71.